The third kappa shape index (κ3) is 2.48. The molecule has 1 aromatic heterocycles. The van der Waals surface area contributed by atoms with Crippen LogP contribution in [-0.4, -0.2) is 16.1 Å². The van der Waals surface area contributed by atoms with E-state index in [1.54, 1.807) is 6.08 Å². The highest BCUT2D eigenvalue weighted by Gasteiger charge is 2.33. The van der Waals surface area contributed by atoms with E-state index in [4.69, 9.17) is 4.74 Å². The monoisotopic (exact) mass is 463 g/mol. The van der Waals surface area contributed by atoms with Gasteiger partial charge in [0.25, 0.3) is 0 Å². The first-order valence-electron chi connectivity index (χ1n) is 11.9. The second-order valence-electron chi connectivity index (χ2n) is 9.30. The van der Waals surface area contributed by atoms with Gasteiger partial charge in [-0.1, -0.05) is 54.6 Å². The van der Waals surface area contributed by atoms with Gasteiger partial charge in [-0.05, 0) is 64.9 Å². The summed E-state index contributed by atoms with van der Waals surface area (Å²) in [5.74, 6) is 1.01. The van der Waals surface area contributed by atoms with Crippen molar-refractivity contribution >= 4 is 50.2 Å². The van der Waals surface area contributed by atoms with Gasteiger partial charge in [-0.25, -0.2) is 0 Å². The summed E-state index contributed by atoms with van der Waals surface area (Å²) in [6.45, 7) is 0. The van der Waals surface area contributed by atoms with E-state index in [-0.39, 0.29) is 17.1 Å². The number of rotatable bonds is 1. The number of allylic oxidation sites excluding steroid dienone is 1. The maximum Gasteiger partial charge on any atom is 0.197 e. The summed E-state index contributed by atoms with van der Waals surface area (Å²) >= 11 is 0. The Labute approximate surface area is 205 Å². The fourth-order valence-electron chi connectivity index (χ4n) is 5.65. The van der Waals surface area contributed by atoms with Crippen LogP contribution >= 0.6 is 0 Å². The Morgan fingerprint density at radius 3 is 2.08 bits per heavy atom. The van der Waals surface area contributed by atoms with Crippen LogP contribution < -0.4 is 4.74 Å². The van der Waals surface area contributed by atoms with Crippen molar-refractivity contribution in [1.29, 1.82) is 0 Å². The first-order valence-corrected chi connectivity index (χ1v) is 11.9. The third-order valence-electron chi connectivity index (χ3n) is 7.26. The highest BCUT2D eigenvalue weighted by Crippen LogP contribution is 2.46. The Kier molecular flexibility index (Phi) is 3.66. The molecule has 0 amide bonds. The molecule has 4 nitrogen and oxygen atoms in total. The van der Waals surface area contributed by atoms with Crippen LogP contribution in [-0.2, 0) is 0 Å². The summed E-state index contributed by atoms with van der Waals surface area (Å²) in [6.07, 6.45) is 1.71. The van der Waals surface area contributed by atoms with Gasteiger partial charge in [0.2, 0.25) is 0 Å². The Bertz CT molecular complexity index is 1950. The molecule has 0 saturated heterocycles. The number of hydrogen-bond donors (Lipinski definition) is 0. The number of nitrogens with zero attached hydrogens (tertiary/aromatic N) is 1. The summed E-state index contributed by atoms with van der Waals surface area (Å²) in [5.41, 5.74) is 4.94. The van der Waals surface area contributed by atoms with Crippen LogP contribution in [0.1, 0.15) is 26.3 Å². The Morgan fingerprint density at radius 2 is 1.31 bits per heavy atom. The minimum Gasteiger partial charge on any atom is -0.453 e. The second-order valence-corrected chi connectivity index (χ2v) is 9.30. The molecule has 6 aromatic rings. The number of Topliss-reactive ketones (excluding diaryl/α,β-unsaturated/α-hetero) is 2. The molecule has 2 aliphatic rings. The van der Waals surface area contributed by atoms with Crippen molar-refractivity contribution in [2.75, 3.05) is 0 Å². The number of hydrogen-bond acceptors (Lipinski definition) is 3. The van der Waals surface area contributed by atoms with E-state index in [0.29, 0.717) is 16.9 Å². The first-order chi connectivity index (χ1) is 17.7. The average molecular weight is 463 g/mol. The van der Waals surface area contributed by atoms with Crippen LogP contribution in [0.3, 0.4) is 0 Å². The lowest BCUT2D eigenvalue weighted by atomic mass is 10.0. The Balaban J connectivity index is 1.36. The van der Waals surface area contributed by atoms with E-state index >= 15 is 0 Å². The number of aromatic nitrogens is 1. The molecule has 0 N–H and O–H groups in total. The molecule has 8 rings (SSSR count). The number of carbonyl (C=O) groups excluding carboxylic acids is 2. The van der Waals surface area contributed by atoms with Crippen LogP contribution in [0.4, 0.5) is 0 Å². The van der Waals surface area contributed by atoms with Gasteiger partial charge in [0.1, 0.15) is 0 Å². The molecular weight excluding hydrogens is 446 g/mol. The quantitative estimate of drug-likeness (QED) is 0.187. The summed E-state index contributed by atoms with van der Waals surface area (Å²) in [5, 5.41) is 4.01. The predicted octanol–water partition coefficient (Wildman–Crippen LogP) is 7.51. The van der Waals surface area contributed by atoms with Crippen molar-refractivity contribution in [2.24, 2.45) is 0 Å². The number of fused-ring (bicyclic) bond motifs is 7. The van der Waals surface area contributed by atoms with Crippen molar-refractivity contribution in [3.8, 4) is 17.2 Å². The summed E-state index contributed by atoms with van der Waals surface area (Å²) < 4.78 is 8.56. The van der Waals surface area contributed by atoms with E-state index < -0.39 is 0 Å². The second kappa shape index (κ2) is 6.80. The molecule has 36 heavy (non-hydrogen) atoms. The fraction of sp³-hybridized carbons (Fsp3) is 0. The molecule has 4 heteroatoms. The summed E-state index contributed by atoms with van der Waals surface area (Å²) in [4.78, 5) is 26.7. The molecule has 0 unspecified atom stereocenters. The zero-order valence-electron chi connectivity index (χ0n) is 19.0. The molecule has 0 atom stereocenters. The van der Waals surface area contributed by atoms with Gasteiger partial charge in [-0.15, -0.1) is 0 Å². The lowest BCUT2D eigenvalue weighted by Crippen LogP contribution is -2.04. The van der Waals surface area contributed by atoms with Gasteiger partial charge in [0.05, 0.1) is 22.3 Å². The maximum atomic E-state index is 13.3. The maximum absolute atomic E-state index is 13.3. The third-order valence-corrected chi connectivity index (χ3v) is 7.26. The molecule has 0 saturated carbocycles. The van der Waals surface area contributed by atoms with Crippen molar-refractivity contribution < 1.29 is 14.3 Å². The van der Waals surface area contributed by atoms with Gasteiger partial charge < -0.3 is 9.30 Å². The largest absolute Gasteiger partial charge is 0.453 e. The van der Waals surface area contributed by atoms with E-state index in [9.17, 15) is 9.59 Å². The zero-order chi connectivity index (χ0) is 24.0. The van der Waals surface area contributed by atoms with Gasteiger partial charge in [-0.3, -0.25) is 9.59 Å². The number of benzene rings is 5. The van der Waals surface area contributed by atoms with Crippen LogP contribution in [0.5, 0.6) is 11.5 Å². The SMILES string of the molecule is O=C1C(=Cc2cc3c4c(c2)c2ccccc2n4-c2ccccc2O3)C(=O)c2cc3ccccc3cc21. The van der Waals surface area contributed by atoms with Crippen molar-refractivity contribution in [3.63, 3.8) is 0 Å². The Hall–Kier alpha value is -4.96. The topological polar surface area (TPSA) is 48.3 Å². The molecule has 1 aliphatic carbocycles. The molecule has 168 valence electrons. The highest BCUT2D eigenvalue weighted by molar-refractivity contribution is 6.42. The minimum atomic E-state index is -0.233. The fourth-order valence-corrected chi connectivity index (χ4v) is 5.65. The number of para-hydroxylation sites is 3. The average Bonchev–Trinajstić information content (AvgIpc) is 3.36. The predicted molar refractivity (Wildman–Crippen MR) is 141 cm³/mol. The van der Waals surface area contributed by atoms with E-state index in [1.165, 1.54) is 0 Å². The van der Waals surface area contributed by atoms with Crippen molar-refractivity contribution in [3.05, 3.63) is 119 Å². The number of ketones is 2. The van der Waals surface area contributed by atoms with E-state index in [0.717, 1.165) is 49.6 Å². The van der Waals surface area contributed by atoms with Crippen molar-refractivity contribution in [1.82, 2.24) is 4.57 Å². The highest BCUT2D eigenvalue weighted by atomic mass is 16.5. The van der Waals surface area contributed by atoms with Gasteiger partial charge in [0.15, 0.2) is 23.1 Å². The molecule has 0 radical (unpaired) electrons. The van der Waals surface area contributed by atoms with Crippen LogP contribution in [0.25, 0.3) is 44.3 Å². The van der Waals surface area contributed by atoms with Crippen LogP contribution in [0.15, 0.2) is 103 Å². The molecule has 0 spiro atoms. The lowest BCUT2D eigenvalue weighted by molar-refractivity contribution is 0.0990. The molecule has 2 heterocycles. The first kappa shape index (κ1) is 19.4. The Morgan fingerprint density at radius 1 is 0.639 bits per heavy atom. The molecule has 1 aliphatic heterocycles. The van der Waals surface area contributed by atoms with Crippen molar-refractivity contribution in [2.45, 2.75) is 0 Å². The normalized spacial score (nSPS) is 13.8. The van der Waals surface area contributed by atoms with Gasteiger partial charge >= 0.3 is 0 Å². The van der Waals surface area contributed by atoms with Gasteiger partial charge in [-0.2, -0.15) is 0 Å². The van der Waals surface area contributed by atoms with Gasteiger partial charge in [0, 0.05) is 21.9 Å². The number of carbonyl (C=O) groups is 2. The molecule has 0 bridgehead atoms. The molecule has 0 fully saturated rings. The molecule has 5 aromatic carbocycles. The minimum absolute atomic E-state index is 0.187. The smallest absolute Gasteiger partial charge is 0.197 e. The zero-order valence-corrected chi connectivity index (χ0v) is 19.0. The van der Waals surface area contributed by atoms with E-state index in [2.05, 4.69) is 22.8 Å². The lowest BCUT2D eigenvalue weighted by Gasteiger charge is -2.21. The number of ether oxygens (including phenoxy) is 1. The summed E-state index contributed by atoms with van der Waals surface area (Å²) in [7, 11) is 0. The van der Waals surface area contributed by atoms with Crippen LogP contribution in [0, 0.1) is 0 Å². The van der Waals surface area contributed by atoms with E-state index in [1.807, 2.05) is 78.9 Å². The molecular formula is C32H17NO3. The standard InChI is InChI=1S/C32H17NO3/c34-31-23-16-19-7-1-2-8-20(19)17-24(23)32(35)25(31)14-18-13-22-21-9-3-4-10-26(21)33-27-11-5-6-12-28(27)36-29(15-18)30(22)33/h1-17H. The van der Waals surface area contributed by atoms with Crippen LogP contribution in [0.2, 0.25) is 0 Å². The summed E-state index contributed by atoms with van der Waals surface area (Å²) in [6, 6.07) is 31.6.